The van der Waals surface area contributed by atoms with E-state index in [1.54, 1.807) is 0 Å². The molecule has 0 spiro atoms. The van der Waals surface area contributed by atoms with E-state index in [0.29, 0.717) is 26.1 Å². The van der Waals surface area contributed by atoms with Crippen molar-refractivity contribution in [1.82, 2.24) is 14.8 Å². The van der Waals surface area contributed by atoms with Crippen LogP contribution in [0.5, 0.6) is 0 Å². The minimum Gasteiger partial charge on any atom is -0.388 e. The highest BCUT2D eigenvalue weighted by atomic mass is 16.3. The Morgan fingerprint density at radius 3 is 2.67 bits per heavy atom. The lowest BCUT2D eigenvalue weighted by Gasteiger charge is -2.30. The quantitative estimate of drug-likeness (QED) is 0.903. The second kappa shape index (κ2) is 7.56. The Bertz CT molecular complexity index is 862. The summed E-state index contributed by atoms with van der Waals surface area (Å²) in [5.74, 6) is 0.0581. The predicted octanol–water partition coefficient (Wildman–Crippen LogP) is 3.08. The first kappa shape index (κ1) is 19.8. The molecule has 5 nitrogen and oxygen atoms in total. The van der Waals surface area contributed by atoms with Gasteiger partial charge in [-0.05, 0) is 71.8 Å². The van der Waals surface area contributed by atoms with Crippen LogP contribution in [0.4, 0.5) is 0 Å². The Balaban J connectivity index is 1.94. The Labute approximate surface area is 162 Å². The second-order valence-corrected chi connectivity index (χ2v) is 8.33. The standard InChI is InChI=1S/C22H31N3O2/c1-15-7-8-19-18(13-15)20(16(2)17(3)23-19)21(26)25-11-6-9-22(27,10-12-25)14-24(4)5/h7-8,13,27H,6,9-12,14H2,1-5H3/t22-/m1/s1. The third-order valence-corrected chi connectivity index (χ3v) is 5.66. The highest BCUT2D eigenvalue weighted by molar-refractivity contribution is 6.07. The van der Waals surface area contributed by atoms with Crippen LogP contribution in [0.25, 0.3) is 10.9 Å². The SMILES string of the molecule is Cc1ccc2nc(C)c(C)c(C(=O)N3CCC[C@](O)(CN(C)C)CC3)c2c1. The van der Waals surface area contributed by atoms with Crippen molar-refractivity contribution in [2.24, 2.45) is 0 Å². The largest absolute Gasteiger partial charge is 0.388 e. The van der Waals surface area contributed by atoms with Crippen LogP contribution in [0.2, 0.25) is 0 Å². The van der Waals surface area contributed by atoms with Crippen molar-refractivity contribution in [2.75, 3.05) is 33.7 Å². The number of pyridine rings is 1. The lowest BCUT2D eigenvalue weighted by Crippen LogP contribution is -2.41. The zero-order valence-corrected chi connectivity index (χ0v) is 17.2. The van der Waals surface area contributed by atoms with Crippen molar-refractivity contribution < 1.29 is 9.90 Å². The first-order valence-electron chi connectivity index (χ1n) is 9.74. The summed E-state index contributed by atoms with van der Waals surface area (Å²) < 4.78 is 0. The van der Waals surface area contributed by atoms with Crippen LogP contribution in [0.15, 0.2) is 18.2 Å². The maximum Gasteiger partial charge on any atom is 0.254 e. The van der Waals surface area contributed by atoms with Gasteiger partial charge in [0, 0.05) is 30.7 Å². The maximum absolute atomic E-state index is 13.5. The van der Waals surface area contributed by atoms with Crippen molar-refractivity contribution in [2.45, 2.75) is 45.6 Å². The van der Waals surface area contributed by atoms with E-state index in [0.717, 1.165) is 46.1 Å². The van der Waals surface area contributed by atoms with Gasteiger partial charge in [-0.1, -0.05) is 11.6 Å². The third kappa shape index (κ3) is 4.14. The number of benzene rings is 1. The van der Waals surface area contributed by atoms with Crippen molar-refractivity contribution >= 4 is 16.8 Å². The number of amides is 1. The average molecular weight is 370 g/mol. The number of aromatic nitrogens is 1. The third-order valence-electron chi connectivity index (χ3n) is 5.66. The van der Waals surface area contributed by atoms with Gasteiger partial charge in [-0.15, -0.1) is 0 Å². The molecule has 1 fully saturated rings. The number of aryl methyl sites for hydroxylation is 2. The van der Waals surface area contributed by atoms with Gasteiger partial charge in [0.25, 0.3) is 5.91 Å². The molecular formula is C22H31N3O2. The Morgan fingerprint density at radius 2 is 1.96 bits per heavy atom. The molecule has 1 N–H and O–H groups in total. The number of rotatable bonds is 3. The fraction of sp³-hybridized carbons (Fsp3) is 0.545. The van der Waals surface area contributed by atoms with Crippen LogP contribution in [0, 0.1) is 20.8 Å². The molecule has 2 heterocycles. The van der Waals surface area contributed by atoms with Crippen LogP contribution in [0.3, 0.4) is 0 Å². The molecule has 1 aliphatic rings. The van der Waals surface area contributed by atoms with Crippen LogP contribution < -0.4 is 0 Å². The number of nitrogens with zero attached hydrogens (tertiary/aromatic N) is 3. The van der Waals surface area contributed by atoms with E-state index in [2.05, 4.69) is 11.1 Å². The number of hydrogen-bond donors (Lipinski definition) is 1. The second-order valence-electron chi connectivity index (χ2n) is 8.33. The topological polar surface area (TPSA) is 56.7 Å². The van der Waals surface area contributed by atoms with Gasteiger partial charge in [-0.25, -0.2) is 0 Å². The number of likely N-dealkylation sites (tertiary alicyclic amines) is 1. The summed E-state index contributed by atoms with van der Waals surface area (Å²) in [6, 6.07) is 6.08. The first-order chi connectivity index (χ1) is 12.7. The summed E-state index contributed by atoms with van der Waals surface area (Å²) in [4.78, 5) is 22.1. The van der Waals surface area contributed by atoms with E-state index < -0.39 is 5.60 Å². The Hall–Kier alpha value is -1.98. The molecule has 0 unspecified atom stereocenters. The number of carbonyl (C=O) groups excluding carboxylic acids is 1. The van der Waals surface area contributed by atoms with Crippen molar-refractivity contribution in [3.8, 4) is 0 Å². The summed E-state index contributed by atoms with van der Waals surface area (Å²) in [7, 11) is 3.95. The zero-order chi connectivity index (χ0) is 19.8. The molecule has 1 aliphatic heterocycles. The summed E-state index contributed by atoms with van der Waals surface area (Å²) in [6.07, 6.45) is 2.15. The fourth-order valence-corrected chi connectivity index (χ4v) is 4.16. The minimum absolute atomic E-state index is 0.0581. The van der Waals surface area contributed by atoms with Gasteiger partial charge in [-0.2, -0.15) is 0 Å². The van der Waals surface area contributed by atoms with Crippen LogP contribution in [-0.2, 0) is 0 Å². The molecule has 3 rings (SSSR count). The molecule has 2 aromatic rings. The molecule has 146 valence electrons. The van der Waals surface area contributed by atoms with E-state index in [-0.39, 0.29) is 5.91 Å². The Kier molecular flexibility index (Phi) is 5.54. The lowest BCUT2D eigenvalue weighted by molar-refractivity contribution is 0.00305. The van der Waals surface area contributed by atoms with E-state index in [1.165, 1.54) is 0 Å². The van der Waals surface area contributed by atoms with Crippen molar-refractivity contribution in [3.05, 3.63) is 40.6 Å². The van der Waals surface area contributed by atoms with E-state index in [9.17, 15) is 9.90 Å². The van der Waals surface area contributed by atoms with Crippen LogP contribution in [0.1, 0.15) is 46.4 Å². The van der Waals surface area contributed by atoms with Gasteiger partial charge in [0.15, 0.2) is 0 Å². The summed E-state index contributed by atoms with van der Waals surface area (Å²) in [6.45, 7) is 7.88. The van der Waals surface area contributed by atoms with E-state index >= 15 is 0 Å². The molecule has 0 saturated carbocycles. The number of likely N-dealkylation sites (N-methyl/N-ethyl adjacent to an activating group) is 1. The van der Waals surface area contributed by atoms with Crippen LogP contribution >= 0.6 is 0 Å². The molecule has 27 heavy (non-hydrogen) atoms. The number of aliphatic hydroxyl groups is 1. The molecular weight excluding hydrogens is 338 g/mol. The number of hydrogen-bond acceptors (Lipinski definition) is 4. The normalized spacial score (nSPS) is 20.9. The van der Waals surface area contributed by atoms with E-state index in [4.69, 9.17) is 0 Å². The summed E-state index contributed by atoms with van der Waals surface area (Å²) >= 11 is 0. The molecule has 1 aromatic heterocycles. The van der Waals surface area contributed by atoms with Gasteiger partial charge in [0.1, 0.15) is 0 Å². The summed E-state index contributed by atoms with van der Waals surface area (Å²) in [5, 5.41) is 11.8. The predicted molar refractivity (Wildman–Crippen MR) is 109 cm³/mol. The van der Waals surface area contributed by atoms with Crippen molar-refractivity contribution in [3.63, 3.8) is 0 Å². The molecule has 0 radical (unpaired) electrons. The molecule has 1 saturated heterocycles. The zero-order valence-electron chi connectivity index (χ0n) is 17.2. The number of fused-ring (bicyclic) bond motifs is 1. The molecule has 0 aliphatic carbocycles. The van der Waals surface area contributed by atoms with Crippen molar-refractivity contribution in [1.29, 1.82) is 0 Å². The monoisotopic (exact) mass is 369 g/mol. The van der Waals surface area contributed by atoms with Gasteiger partial charge in [0.05, 0.1) is 16.7 Å². The fourth-order valence-electron chi connectivity index (χ4n) is 4.16. The van der Waals surface area contributed by atoms with Gasteiger partial charge < -0.3 is 14.9 Å². The highest BCUT2D eigenvalue weighted by Gasteiger charge is 2.33. The van der Waals surface area contributed by atoms with Gasteiger partial charge in [0.2, 0.25) is 0 Å². The van der Waals surface area contributed by atoms with E-state index in [1.807, 2.05) is 56.8 Å². The number of carbonyl (C=O) groups is 1. The molecule has 5 heteroatoms. The van der Waals surface area contributed by atoms with Crippen LogP contribution in [-0.4, -0.2) is 65.1 Å². The molecule has 0 bridgehead atoms. The smallest absolute Gasteiger partial charge is 0.254 e. The Morgan fingerprint density at radius 1 is 1.22 bits per heavy atom. The molecule has 1 atom stereocenters. The molecule has 1 aromatic carbocycles. The lowest BCUT2D eigenvalue weighted by atomic mass is 9.94. The minimum atomic E-state index is -0.722. The first-order valence-corrected chi connectivity index (χ1v) is 9.74. The molecule has 1 amide bonds. The average Bonchev–Trinajstić information content (AvgIpc) is 2.77. The van der Waals surface area contributed by atoms with Gasteiger partial charge in [-0.3, -0.25) is 9.78 Å². The highest BCUT2D eigenvalue weighted by Crippen LogP contribution is 2.28. The van der Waals surface area contributed by atoms with Gasteiger partial charge >= 0.3 is 0 Å². The maximum atomic E-state index is 13.5. The summed E-state index contributed by atoms with van der Waals surface area (Å²) in [5.41, 5.74) is 3.88.